The first-order chi connectivity index (χ1) is 35.4. The minimum atomic E-state index is -0.157. The summed E-state index contributed by atoms with van der Waals surface area (Å²) in [4.78, 5) is 14.5. The first kappa shape index (κ1) is 43.3. The van der Waals surface area contributed by atoms with Crippen molar-refractivity contribution in [3.05, 3.63) is 264 Å². The zero-order valence-electron chi connectivity index (χ0n) is 40.3. The molecule has 0 spiro atoms. The molecule has 0 radical (unpaired) electrons. The van der Waals surface area contributed by atoms with Gasteiger partial charge in [-0.2, -0.15) is 0 Å². The molecule has 72 heavy (non-hydrogen) atoms. The smallest absolute Gasteiger partial charge is 0.227 e. The van der Waals surface area contributed by atoms with E-state index in [1.807, 2.05) is 48.5 Å². The summed E-state index contributed by atoms with van der Waals surface area (Å²) < 4.78 is 12.4. The van der Waals surface area contributed by atoms with Gasteiger partial charge >= 0.3 is 0 Å². The maximum atomic E-state index is 6.21. The van der Waals surface area contributed by atoms with Gasteiger partial charge in [-0.25, -0.2) is 9.97 Å². The maximum absolute atomic E-state index is 6.21. The Balaban J connectivity index is 0.830. The summed E-state index contributed by atoms with van der Waals surface area (Å²) in [5.74, 6) is 1.71. The Kier molecular flexibility index (Phi) is 10.8. The predicted molar refractivity (Wildman–Crippen MR) is 295 cm³/mol. The maximum Gasteiger partial charge on any atom is 0.227 e. The average molecular weight is 933 g/mol. The summed E-state index contributed by atoms with van der Waals surface area (Å²) in [6.45, 7) is 4.89. The van der Waals surface area contributed by atoms with Gasteiger partial charge in [0.15, 0.2) is 11.2 Å². The molecule has 0 saturated carbocycles. The number of benzene rings is 7. The Morgan fingerprint density at radius 2 is 1.18 bits per heavy atom. The molecule has 9 aromatic rings. The van der Waals surface area contributed by atoms with Crippen molar-refractivity contribution in [3.63, 3.8) is 0 Å². The van der Waals surface area contributed by atoms with Gasteiger partial charge in [0.1, 0.15) is 11.0 Å². The number of para-hydroxylation sites is 5. The highest BCUT2D eigenvalue weighted by molar-refractivity contribution is 5.85. The Morgan fingerprint density at radius 3 is 1.96 bits per heavy atom. The zero-order valence-corrected chi connectivity index (χ0v) is 40.3. The summed E-state index contributed by atoms with van der Waals surface area (Å²) >= 11 is 0. The molecule has 0 N–H and O–H groups in total. The third kappa shape index (κ3) is 7.86. The second kappa shape index (κ2) is 17.9. The summed E-state index contributed by atoms with van der Waals surface area (Å²) in [6, 6.07) is 60.0. The topological polar surface area (TPSA) is 58.5 Å². The summed E-state index contributed by atoms with van der Waals surface area (Å²) in [5.41, 5.74) is 19.6. The van der Waals surface area contributed by atoms with Crippen LogP contribution in [0.4, 0.5) is 17.1 Å². The molecule has 0 aliphatic heterocycles. The first-order valence-electron chi connectivity index (χ1n) is 25.1. The molecular weight excluding hydrogens is 881 g/mol. The van der Waals surface area contributed by atoms with Crippen LogP contribution in [0.1, 0.15) is 55.7 Å². The van der Waals surface area contributed by atoms with E-state index in [4.69, 9.17) is 18.8 Å². The van der Waals surface area contributed by atoms with Gasteiger partial charge in [0.05, 0.1) is 0 Å². The fourth-order valence-electron chi connectivity index (χ4n) is 11.2. The lowest BCUT2D eigenvalue weighted by Crippen LogP contribution is -2.29. The summed E-state index contributed by atoms with van der Waals surface area (Å²) in [6.07, 6.45) is 25.7. The molecule has 13 rings (SSSR count). The minimum absolute atomic E-state index is 0.157. The van der Waals surface area contributed by atoms with Crippen LogP contribution >= 0.6 is 0 Å². The number of anilines is 3. The van der Waals surface area contributed by atoms with Crippen LogP contribution < -0.4 is 9.80 Å². The number of hydrogen-bond donors (Lipinski definition) is 0. The van der Waals surface area contributed by atoms with E-state index in [2.05, 4.69) is 206 Å². The van der Waals surface area contributed by atoms with E-state index in [0.717, 1.165) is 92.2 Å². The van der Waals surface area contributed by atoms with Crippen LogP contribution in [0.2, 0.25) is 0 Å². The van der Waals surface area contributed by atoms with Crippen molar-refractivity contribution in [2.24, 2.45) is 5.92 Å². The summed E-state index contributed by atoms with van der Waals surface area (Å²) in [5, 5.41) is 0. The SMILES string of the molecule is CC1(C)c2cc(N(C3=CC=CCC=C3)C3=CC(c4cccc(-c5nc6ccccc6o5)c4)CC=C3)ccc2C2=CC=C(N(c3ccccc3)c3cccc(-c4cccc(-c5nc6ccccc6o5)c4)c3)CC21. The van der Waals surface area contributed by atoms with Gasteiger partial charge in [-0.1, -0.05) is 135 Å². The molecule has 348 valence electrons. The lowest BCUT2D eigenvalue weighted by Gasteiger charge is -2.36. The fraction of sp³-hybridized carbons (Fsp3) is 0.121. The molecule has 0 fully saturated rings. The van der Waals surface area contributed by atoms with E-state index in [1.54, 1.807) is 0 Å². The molecule has 2 aromatic heterocycles. The highest BCUT2D eigenvalue weighted by atomic mass is 16.4. The second-order valence-electron chi connectivity index (χ2n) is 19.7. The van der Waals surface area contributed by atoms with Gasteiger partial charge in [-0.05, 0) is 173 Å². The van der Waals surface area contributed by atoms with Gasteiger partial charge in [0.2, 0.25) is 11.8 Å². The monoisotopic (exact) mass is 932 g/mol. The van der Waals surface area contributed by atoms with Crippen LogP contribution in [0, 0.1) is 5.92 Å². The van der Waals surface area contributed by atoms with E-state index in [9.17, 15) is 0 Å². The van der Waals surface area contributed by atoms with Crippen LogP contribution in [0.5, 0.6) is 0 Å². The van der Waals surface area contributed by atoms with Gasteiger partial charge in [0, 0.05) is 51.2 Å². The normalized spacial score (nSPS) is 17.7. The number of allylic oxidation sites excluding steroid dienone is 12. The average Bonchev–Trinajstić information content (AvgIpc) is 4.05. The van der Waals surface area contributed by atoms with Crippen LogP contribution in [0.25, 0.3) is 61.8 Å². The van der Waals surface area contributed by atoms with Crippen molar-refractivity contribution in [3.8, 4) is 34.0 Å². The number of nitrogens with zero attached hydrogens (tertiary/aromatic N) is 4. The zero-order chi connectivity index (χ0) is 48.2. The number of rotatable bonds is 10. The van der Waals surface area contributed by atoms with Crippen LogP contribution in [-0.4, -0.2) is 9.97 Å². The molecule has 0 amide bonds. The van der Waals surface area contributed by atoms with E-state index in [1.165, 1.54) is 28.0 Å². The van der Waals surface area contributed by atoms with E-state index < -0.39 is 0 Å². The third-order valence-corrected chi connectivity index (χ3v) is 14.9. The molecule has 7 aromatic carbocycles. The van der Waals surface area contributed by atoms with Crippen LogP contribution in [0.15, 0.2) is 257 Å². The Morgan fingerprint density at radius 1 is 0.528 bits per heavy atom. The molecule has 0 saturated heterocycles. The summed E-state index contributed by atoms with van der Waals surface area (Å²) in [7, 11) is 0. The predicted octanol–water partition coefficient (Wildman–Crippen LogP) is 17.2. The minimum Gasteiger partial charge on any atom is -0.436 e. The highest BCUT2D eigenvalue weighted by Crippen LogP contribution is 2.56. The Bertz CT molecular complexity index is 3730. The van der Waals surface area contributed by atoms with Crippen molar-refractivity contribution < 1.29 is 8.83 Å². The first-order valence-corrected chi connectivity index (χ1v) is 25.1. The fourth-order valence-corrected chi connectivity index (χ4v) is 11.2. The highest BCUT2D eigenvalue weighted by Gasteiger charge is 2.45. The quantitative estimate of drug-likeness (QED) is 0.136. The van der Waals surface area contributed by atoms with Gasteiger partial charge in [-0.15, -0.1) is 0 Å². The molecule has 0 bridgehead atoms. The van der Waals surface area contributed by atoms with E-state index in [-0.39, 0.29) is 17.3 Å². The lowest BCUT2D eigenvalue weighted by molar-refractivity contribution is 0.406. The third-order valence-electron chi connectivity index (χ3n) is 14.9. The van der Waals surface area contributed by atoms with Crippen molar-refractivity contribution in [2.75, 3.05) is 9.80 Å². The number of hydrogen-bond acceptors (Lipinski definition) is 6. The molecule has 2 heterocycles. The number of oxazole rings is 2. The van der Waals surface area contributed by atoms with Gasteiger partial charge in [0.25, 0.3) is 0 Å². The van der Waals surface area contributed by atoms with Crippen molar-refractivity contribution >= 4 is 44.8 Å². The van der Waals surface area contributed by atoms with Gasteiger partial charge in [-0.3, -0.25) is 0 Å². The number of fused-ring (bicyclic) bond motifs is 5. The molecule has 6 heteroatoms. The second-order valence-corrected chi connectivity index (χ2v) is 19.7. The van der Waals surface area contributed by atoms with E-state index >= 15 is 0 Å². The lowest BCUT2D eigenvalue weighted by atomic mass is 9.73. The van der Waals surface area contributed by atoms with Crippen molar-refractivity contribution in [1.29, 1.82) is 0 Å². The van der Waals surface area contributed by atoms with Crippen molar-refractivity contribution in [2.45, 2.75) is 44.4 Å². The Hall–Kier alpha value is -8.74. The standard InChI is InChI=1S/C66H52N4O2/c1-66(2)58-42-54(69(50-24-6-3-4-7-25-50)52-28-16-20-46(40-52)44-18-14-22-48(38-44)64-67-60-30-10-12-32-62(60)71-64)34-36-56(58)57-37-35-55(43-59(57)66)70(51-26-8-5-9-27-51)53-29-17-21-47(41-53)45-19-15-23-49(39-45)65-68-61-31-11-13-33-63(61)72-65/h3,5-19,21-42,46,59H,4,20,43H2,1-2H3. The molecule has 2 atom stereocenters. The van der Waals surface area contributed by atoms with Gasteiger partial charge < -0.3 is 18.6 Å². The van der Waals surface area contributed by atoms with Crippen LogP contribution in [0.3, 0.4) is 0 Å². The molecule has 6 nitrogen and oxygen atoms in total. The number of aromatic nitrogens is 2. The van der Waals surface area contributed by atoms with E-state index in [0.29, 0.717) is 11.8 Å². The molecule has 4 aliphatic rings. The largest absolute Gasteiger partial charge is 0.436 e. The Labute approximate surface area is 420 Å². The van der Waals surface area contributed by atoms with Crippen LogP contribution in [-0.2, 0) is 5.41 Å². The van der Waals surface area contributed by atoms with Crippen molar-refractivity contribution in [1.82, 2.24) is 9.97 Å². The molecule has 2 unspecified atom stereocenters. The molecular formula is C66H52N4O2. The molecule has 4 aliphatic carbocycles.